The second-order valence-corrected chi connectivity index (χ2v) is 2.45. The Morgan fingerprint density at radius 3 is 2.29 bits per heavy atom. The summed E-state index contributed by atoms with van der Waals surface area (Å²) in [6, 6.07) is 1.97. The summed E-state index contributed by atoms with van der Waals surface area (Å²) in [4.78, 5) is 10.2. The van der Waals surface area contributed by atoms with E-state index >= 15 is 0 Å². The number of benzene rings is 1. The minimum Gasteiger partial charge on any atom is -0.545 e. The van der Waals surface area contributed by atoms with Crippen LogP contribution in [0.5, 0.6) is 0 Å². The number of aromatic carboxylic acids is 1. The smallest absolute Gasteiger partial charge is 0.419 e. The first-order valence-corrected chi connectivity index (χ1v) is 3.41. The minimum absolute atomic E-state index is 0.460. The zero-order chi connectivity index (χ0) is 10.9. The summed E-state index contributed by atoms with van der Waals surface area (Å²) in [5.74, 6) is -3.80. The number of carboxylic acids is 1. The Kier molecular flexibility index (Phi) is 2.46. The highest BCUT2D eigenvalue weighted by Gasteiger charge is 2.34. The number of carbonyl (C=O) groups is 1. The van der Waals surface area contributed by atoms with Crippen molar-refractivity contribution in [3.63, 3.8) is 0 Å². The second-order valence-electron chi connectivity index (χ2n) is 2.45. The Labute approximate surface area is 75.8 Å². The molecule has 0 aromatic heterocycles. The fourth-order valence-electron chi connectivity index (χ4n) is 0.909. The van der Waals surface area contributed by atoms with E-state index in [1.54, 1.807) is 0 Å². The van der Waals surface area contributed by atoms with Crippen molar-refractivity contribution in [1.29, 1.82) is 0 Å². The highest BCUT2D eigenvalue weighted by molar-refractivity contribution is 5.86. The predicted molar refractivity (Wildman–Crippen MR) is 35.7 cm³/mol. The molecule has 0 aliphatic rings. The quantitative estimate of drug-likeness (QED) is 0.649. The number of carboxylic acid groups (broad SMARTS) is 1. The molecule has 0 aliphatic carbocycles. The molecule has 0 heterocycles. The summed E-state index contributed by atoms with van der Waals surface area (Å²) in [7, 11) is 0. The van der Waals surface area contributed by atoms with Crippen LogP contribution in [0.15, 0.2) is 18.2 Å². The van der Waals surface area contributed by atoms with Crippen LogP contribution in [0.1, 0.15) is 15.9 Å². The highest BCUT2D eigenvalue weighted by atomic mass is 19.4. The van der Waals surface area contributed by atoms with E-state index in [4.69, 9.17) is 0 Å². The lowest BCUT2D eigenvalue weighted by atomic mass is 10.1. The Balaban J connectivity index is 3.35. The van der Waals surface area contributed by atoms with E-state index in [1.807, 2.05) is 0 Å². The van der Waals surface area contributed by atoms with Crippen molar-refractivity contribution in [3.8, 4) is 0 Å². The minimum atomic E-state index is -4.91. The molecule has 1 rings (SSSR count). The van der Waals surface area contributed by atoms with Gasteiger partial charge in [0.15, 0.2) is 0 Å². The normalized spacial score (nSPS) is 11.4. The molecule has 0 fully saturated rings. The lowest BCUT2D eigenvalue weighted by Crippen LogP contribution is -2.25. The van der Waals surface area contributed by atoms with Gasteiger partial charge in [-0.05, 0) is 6.07 Å². The molecule has 1 aromatic carbocycles. The van der Waals surface area contributed by atoms with Crippen LogP contribution in [0.25, 0.3) is 0 Å². The predicted octanol–water partition coefficient (Wildman–Crippen LogP) is 1.21. The maximum Gasteiger partial charge on any atom is 0.419 e. The van der Waals surface area contributed by atoms with E-state index in [0.29, 0.717) is 12.1 Å². The van der Waals surface area contributed by atoms with Crippen molar-refractivity contribution in [2.75, 3.05) is 0 Å². The summed E-state index contributed by atoms with van der Waals surface area (Å²) in [6.45, 7) is 0. The number of hydrogen-bond acceptors (Lipinski definition) is 2. The van der Waals surface area contributed by atoms with Crippen LogP contribution in [-0.2, 0) is 6.18 Å². The summed E-state index contributed by atoms with van der Waals surface area (Å²) in [6.07, 6.45) is -4.91. The van der Waals surface area contributed by atoms with Crippen LogP contribution in [0.2, 0.25) is 0 Å². The molecule has 0 N–H and O–H groups in total. The molecule has 76 valence electrons. The van der Waals surface area contributed by atoms with Crippen molar-refractivity contribution in [2.24, 2.45) is 0 Å². The van der Waals surface area contributed by atoms with E-state index in [2.05, 4.69) is 0 Å². The van der Waals surface area contributed by atoms with Crippen LogP contribution < -0.4 is 5.11 Å². The van der Waals surface area contributed by atoms with Crippen molar-refractivity contribution in [3.05, 3.63) is 35.1 Å². The molecule has 0 aliphatic heterocycles. The monoisotopic (exact) mass is 207 g/mol. The van der Waals surface area contributed by atoms with Crippen molar-refractivity contribution < 1.29 is 27.5 Å². The molecule has 0 atom stereocenters. The van der Waals surface area contributed by atoms with Gasteiger partial charge in [-0.1, -0.05) is 12.1 Å². The first kappa shape index (κ1) is 10.5. The molecule has 14 heavy (non-hydrogen) atoms. The number of carbonyl (C=O) groups excluding carboxylic acids is 1. The third-order valence-corrected chi connectivity index (χ3v) is 1.52. The van der Waals surface area contributed by atoms with Gasteiger partial charge >= 0.3 is 6.18 Å². The first-order valence-electron chi connectivity index (χ1n) is 3.41. The molecule has 0 radical (unpaired) electrons. The molecular weight excluding hydrogens is 204 g/mol. The number of halogens is 4. The average molecular weight is 207 g/mol. The fourth-order valence-corrected chi connectivity index (χ4v) is 0.909. The third kappa shape index (κ3) is 1.84. The number of alkyl halides is 3. The van der Waals surface area contributed by atoms with Gasteiger partial charge in [0.05, 0.1) is 11.5 Å². The van der Waals surface area contributed by atoms with Crippen molar-refractivity contribution in [1.82, 2.24) is 0 Å². The van der Waals surface area contributed by atoms with Gasteiger partial charge in [0.1, 0.15) is 5.82 Å². The topological polar surface area (TPSA) is 40.1 Å². The largest absolute Gasteiger partial charge is 0.545 e. The fraction of sp³-hybridized carbons (Fsp3) is 0.125. The van der Waals surface area contributed by atoms with E-state index < -0.39 is 29.1 Å². The molecule has 0 amide bonds. The average Bonchev–Trinajstić information content (AvgIpc) is 2.01. The first-order chi connectivity index (χ1) is 6.34. The highest BCUT2D eigenvalue weighted by Crippen LogP contribution is 2.32. The van der Waals surface area contributed by atoms with Gasteiger partial charge in [-0.15, -0.1) is 0 Å². The van der Waals surface area contributed by atoms with Gasteiger partial charge in [0, 0.05) is 5.56 Å². The molecule has 1 aromatic rings. The summed E-state index contributed by atoms with van der Waals surface area (Å²) < 4.78 is 49.0. The molecule has 6 heteroatoms. The van der Waals surface area contributed by atoms with E-state index in [1.165, 1.54) is 0 Å². The molecule has 0 spiro atoms. The van der Waals surface area contributed by atoms with Gasteiger partial charge in [0.2, 0.25) is 0 Å². The molecule has 2 nitrogen and oxygen atoms in total. The molecular formula is C8H3F4O2-. The Hall–Kier alpha value is -1.59. The van der Waals surface area contributed by atoms with Gasteiger partial charge in [-0.25, -0.2) is 4.39 Å². The number of hydrogen-bond donors (Lipinski definition) is 0. The Bertz CT molecular complexity index is 370. The molecule has 0 bridgehead atoms. The van der Waals surface area contributed by atoms with Gasteiger partial charge in [0.25, 0.3) is 0 Å². The maximum absolute atomic E-state index is 12.9. The van der Waals surface area contributed by atoms with E-state index in [9.17, 15) is 27.5 Å². The molecule has 0 saturated heterocycles. The summed E-state index contributed by atoms with van der Waals surface area (Å²) in [5.41, 5.74) is -2.71. The zero-order valence-corrected chi connectivity index (χ0v) is 6.56. The van der Waals surface area contributed by atoms with Crippen LogP contribution in [-0.4, -0.2) is 5.97 Å². The maximum atomic E-state index is 12.9. The third-order valence-electron chi connectivity index (χ3n) is 1.52. The van der Waals surface area contributed by atoms with Crippen LogP contribution in [0, 0.1) is 5.82 Å². The van der Waals surface area contributed by atoms with Crippen LogP contribution >= 0.6 is 0 Å². The Morgan fingerprint density at radius 2 is 1.86 bits per heavy atom. The zero-order valence-electron chi connectivity index (χ0n) is 6.56. The van der Waals surface area contributed by atoms with Crippen LogP contribution in [0.4, 0.5) is 17.6 Å². The Morgan fingerprint density at radius 1 is 1.29 bits per heavy atom. The second kappa shape index (κ2) is 3.28. The van der Waals surface area contributed by atoms with Gasteiger partial charge in [-0.2, -0.15) is 13.2 Å². The summed E-state index contributed by atoms with van der Waals surface area (Å²) in [5, 5.41) is 10.2. The lowest BCUT2D eigenvalue weighted by Gasteiger charge is -2.11. The SMILES string of the molecule is O=C([O-])c1cccc(C(F)(F)F)c1F. The van der Waals surface area contributed by atoms with Gasteiger partial charge < -0.3 is 9.90 Å². The van der Waals surface area contributed by atoms with Crippen molar-refractivity contribution in [2.45, 2.75) is 6.18 Å². The van der Waals surface area contributed by atoms with Gasteiger partial charge in [-0.3, -0.25) is 0 Å². The standard InChI is InChI=1S/C8H4F4O2/c9-6-4(7(13)14)2-1-3-5(6)8(10,11)12/h1-3H,(H,13,14)/p-1. The van der Waals surface area contributed by atoms with Crippen LogP contribution in [0.3, 0.4) is 0 Å². The van der Waals surface area contributed by atoms with E-state index in [0.717, 1.165) is 6.07 Å². The number of rotatable bonds is 1. The molecule has 0 unspecified atom stereocenters. The lowest BCUT2D eigenvalue weighted by molar-refractivity contribution is -0.255. The molecule has 0 saturated carbocycles. The van der Waals surface area contributed by atoms with Crippen molar-refractivity contribution >= 4 is 5.97 Å². The summed E-state index contributed by atoms with van der Waals surface area (Å²) >= 11 is 0. The van der Waals surface area contributed by atoms with E-state index in [-0.39, 0.29) is 0 Å².